The van der Waals surface area contributed by atoms with Crippen molar-refractivity contribution in [3.05, 3.63) is 81.6 Å². The maximum Gasteiger partial charge on any atom is 0.248 e. The summed E-state index contributed by atoms with van der Waals surface area (Å²) in [5.41, 5.74) is 9.66. The first-order valence-corrected chi connectivity index (χ1v) is 10.5. The number of primary amides is 1. The Labute approximate surface area is 169 Å². The van der Waals surface area contributed by atoms with Gasteiger partial charge in [0.25, 0.3) is 0 Å². The lowest BCUT2D eigenvalue weighted by Crippen LogP contribution is -2.33. The van der Waals surface area contributed by atoms with E-state index in [0.29, 0.717) is 11.6 Å². The Kier molecular flexibility index (Phi) is 5.78. The summed E-state index contributed by atoms with van der Waals surface area (Å²) in [4.78, 5) is 23.0. The Balaban J connectivity index is 1.57. The summed E-state index contributed by atoms with van der Waals surface area (Å²) in [5.74, 6) is -0.391. The molecule has 5 nitrogen and oxygen atoms in total. The smallest absolute Gasteiger partial charge is 0.248 e. The molecule has 1 aliphatic carbocycles. The summed E-state index contributed by atoms with van der Waals surface area (Å²) in [6.45, 7) is 1.73. The van der Waals surface area contributed by atoms with Crippen LogP contribution in [0.1, 0.15) is 51.1 Å². The number of aromatic nitrogens is 2. The van der Waals surface area contributed by atoms with Crippen molar-refractivity contribution in [1.82, 2.24) is 14.9 Å². The number of pyridine rings is 1. The predicted molar refractivity (Wildman–Crippen MR) is 111 cm³/mol. The molecule has 1 aromatic carbocycles. The number of hydrogen-bond donors (Lipinski definition) is 1. The van der Waals surface area contributed by atoms with Gasteiger partial charge in [0.2, 0.25) is 5.91 Å². The summed E-state index contributed by atoms with van der Waals surface area (Å²) >= 11 is 1.70. The van der Waals surface area contributed by atoms with Gasteiger partial charge in [-0.3, -0.25) is 14.7 Å². The monoisotopic (exact) mass is 392 g/mol. The number of carbonyl (C=O) groups is 1. The predicted octanol–water partition coefficient (Wildman–Crippen LogP) is 3.76. The lowest BCUT2D eigenvalue weighted by molar-refractivity contribution is 0.1000. The maximum atomic E-state index is 11.4. The zero-order chi connectivity index (χ0) is 19.3. The van der Waals surface area contributed by atoms with Crippen molar-refractivity contribution in [2.75, 3.05) is 6.54 Å². The molecule has 1 aliphatic rings. The van der Waals surface area contributed by atoms with Crippen LogP contribution in [-0.2, 0) is 19.4 Å². The number of benzene rings is 1. The third-order valence-corrected chi connectivity index (χ3v) is 6.17. The van der Waals surface area contributed by atoms with Gasteiger partial charge in [-0.2, -0.15) is 0 Å². The highest BCUT2D eigenvalue weighted by Gasteiger charge is 2.27. The van der Waals surface area contributed by atoms with Gasteiger partial charge >= 0.3 is 0 Å². The number of rotatable bonds is 7. The molecule has 0 aliphatic heterocycles. The summed E-state index contributed by atoms with van der Waals surface area (Å²) in [5, 5.41) is 3.19. The summed E-state index contributed by atoms with van der Waals surface area (Å²) in [6.07, 6.45) is 8.09. The van der Waals surface area contributed by atoms with E-state index in [1.165, 1.54) is 23.2 Å². The number of nitrogens with two attached hydrogens (primary N) is 1. The standard InChI is InChI=1S/C22H24N4OS/c23-22(27)18-8-6-16(7-9-18)15-26(13-10-20-24-12-14-28-20)19-5-1-3-17-4-2-11-25-21(17)19/h2,4,6-9,11-12,14,19H,1,3,5,10,13,15H2,(H2,23,27). The summed E-state index contributed by atoms with van der Waals surface area (Å²) < 4.78 is 0. The minimum absolute atomic E-state index is 0.306. The minimum atomic E-state index is -0.391. The van der Waals surface area contributed by atoms with Gasteiger partial charge in [-0.1, -0.05) is 18.2 Å². The number of aryl methyl sites for hydroxylation is 1. The molecular formula is C22H24N4OS. The molecule has 28 heavy (non-hydrogen) atoms. The third kappa shape index (κ3) is 4.29. The van der Waals surface area contributed by atoms with E-state index < -0.39 is 5.91 Å². The van der Waals surface area contributed by atoms with Crippen LogP contribution < -0.4 is 5.73 Å². The van der Waals surface area contributed by atoms with Crippen molar-refractivity contribution in [3.63, 3.8) is 0 Å². The van der Waals surface area contributed by atoms with Crippen molar-refractivity contribution < 1.29 is 4.79 Å². The van der Waals surface area contributed by atoms with Crippen LogP contribution in [0.2, 0.25) is 0 Å². The molecule has 3 aromatic rings. The Morgan fingerprint density at radius 2 is 2.04 bits per heavy atom. The Morgan fingerprint density at radius 3 is 2.79 bits per heavy atom. The normalized spacial score (nSPS) is 16.1. The van der Waals surface area contributed by atoms with E-state index in [9.17, 15) is 4.79 Å². The molecule has 1 amide bonds. The zero-order valence-electron chi connectivity index (χ0n) is 15.8. The average Bonchev–Trinajstić information content (AvgIpc) is 3.25. The highest BCUT2D eigenvalue weighted by Crippen LogP contribution is 2.34. The van der Waals surface area contributed by atoms with Crippen LogP contribution in [0.15, 0.2) is 54.2 Å². The van der Waals surface area contributed by atoms with Crippen LogP contribution >= 0.6 is 11.3 Å². The summed E-state index contributed by atoms with van der Waals surface area (Å²) in [7, 11) is 0. The Bertz CT molecular complexity index is 924. The minimum Gasteiger partial charge on any atom is -0.366 e. The van der Waals surface area contributed by atoms with Gasteiger partial charge in [0.05, 0.1) is 16.7 Å². The van der Waals surface area contributed by atoms with Gasteiger partial charge < -0.3 is 5.73 Å². The number of thiazole rings is 1. The van der Waals surface area contributed by atoms with E-state index >= 15 is 0 Å². The molecule has 0 radical (unpaired) electrons. The van der Waals surface area contributed by atoms with Crippen molar-refractivity contribution in [2.45, 2.75) is 38.3 Å². The molecule has 1 unspecified atom stereocenters. The van der Waals surface area contributed by atoms with Gasteiger partial charge in [-0.05, 0) is 48.6 Å². The van der Waals surface area contributed by atoms with Gasteiger partial charge in [0.15, 0.2) is 0 Å². The SMILES string of the molecule is NC(=O)c1ccc(CN(CCc2nccs2)C2CCCc3cccnc32)cc1. The number of amides is 1. The van der Waals surface area contributed by atoms with E-state index in [4.69, 9.17) is 10.7 Å². The van der Waals surface area contributed by atoms with Crippen LogP contribution in [0, 0.1) is 0 Å². The van der Waals surface area contributed by atoms with Gasteiger partial charge in [-0.15, -0.1) is 11.3 Å². The molecule has 0 bridgehead atoms. The molecular weight excluding hydrogens is 368 g/mol. The lowest BCUT2D eigenvalue weighted by Gasteiger charge is -2.35. The second kappa shape index (κ2) is 8.63. The van der Waals surface area contributed by atoms with Crippen LogP contribution in [-0.4, -0.2) is 27.3 Å². The molecule has 0 fully saturated rings. The maximum absolute atomic E-state index is 11.4. The number of fused-ring (bicyclic) bond motifs is 1. The highest BCUT2D eigenvalue weighted by atomic mass is 32.1. The quantitative estimate of drug-likeness (QED) is 0.664. The van der Waals surface area contributed by atoms with Gasteiger partial charge in [-0.25, -0.2) is 4.98 Å². The first-order valence-electron chi connectivity index (χ1n) is 9.65. The molecule has 144 valence electrons. The largest absolute Gasteiger partial charge is 0.366 e. The van der Waals surface area contributed by atoms with E-state index in [-0.39, 0.29) is 0 Å². The third-order valence-electron chi connectivity index (χ3n) is 5.33. The summed E-state index contributed by atoms with van der Waals surface area (Å²) in [6, 6.07) is 12.2. The molecule has 4 rings (SSSR count). The van der Waals surface area contributed by atoms with Crippen molar-refractivity contribution in [1.29, 1.82) is 0 Å². The second-order valence-electron chi connectivity index (χ2n) is 7.16. The number of carbonyl (C=O) groups excluding carboxylic acids is 1. The van der Waals surface area contributed by atoms with Crippen LogP contribution in [0.5, 0.6) is 0 Å². The van der Waals surface area contributed by atoms with E-state index in [0.717, 1.165) is 37.4 Å². The molecule has 0 spiro atoms. The van der Waals surface area contributed by atoms with E-state index in [1.54, 1.807) is 11.3 Å². The Hall–Kier alpha value is -2.57. The first-order chi connectivity index (χ1) is 13.7. The van der Waals surface area contributed by atoms with Crippen LogP contribution in [0.3, 0.4) is 0 Å². The molecule has 6 heteroatoms. The fraction of sp³-hybridized carbons (Fsp3) is 0.318. The highest BCUT2D eigenvalue weighted by molar-refractivity contribution is 7.09. The zero-order valence-corrected chi connectivity index (χ0v) is 16.6. The van der Waals surface area contributed by atoms with Crippen LogP contribution in [0.25, 0.3) is 0 Å². The van der Waals surface area contributed by atoms with Crippen molar-refractivity contribution in [3.8, 4) is 0 Å². The molecule has 1 atom stereocenters. The number of nitrogens with zero attached hydrogens (tertiary/aromatic N) is 3. The first kappa shape index (κ1) is 18.8. The molecule has 2 N–H and O–H groups in total. The van der Waals surface area contributed by atoms with E-state index in [1.807, 2.05) is 48.1 Å². The molecule has 2 heterocycles. The Morgan fingerprint density at radius 1 is 1.18 bits per heavy atom. The van der Waals surface area contributed by atoms with Crippen molar-refractivity contribution >= 4 is 17.2 Å². The topological polar surface area (TPSA) is 72.1 Å². The van der Waals surface area contributed by atoms with Gasteiger partial charge in [0.1, 0.15) is 0 Å². The average molecular weight is 393 g/mol. The fourth-order valence-corrected chi connectivity index (χ4v) is 4.52. The van der Waals surface area contributed by atoms with Crippen LogP contribution in [0.4, 0.5) is 0 Å². The molecule has 0 saturated carbocycles. The number of hydrogen-bond acceptors (Lipinski definition) is 5. The van der Waals surface area contributed by atoms with Crippen molar-refractivity contribution in [2.24, 2.45) is 5.73 Å². The van der Waals surface area contributed by atoms with E-state index in [2.05, 4.69) is 16.0 Å². The lowest BCUT2D eigenvalue weighted by atomic mass is 9.90. The molecule has 0 saturated heterocycles. The van der Waals surface area contributed by atoms with Gasteiger partial charge in [0, 0.05) is 42.8 Å². The fourth-order valence-electron chi connectivity index (χ4n) is 3.91. The molecule has 2 aromatic heterocycles. The second-order valence-corrected chi connectivity index (χ2v) is 8.14.